The smallest absolute Gasteiger partial charge is 0.254 e. The van der Waals surface area contributed by atoms with Crippen molar-refractivity contribution in [3.8, 4) is 0 Å². The van der Waals surface area contributed by atoms with Gasteiger partial charge in [-0.3, -0.25) is 4.79 Å². The zero-order valence-electron chi connectivity index (χ0n) is 11.4. The zero-order valence-corrected chi connectivity index (χ0v) is 13.8. The lowest BCUT2D eigenvalue weighted by Crippen LogP contribution is -2.34. The van der Waals surface area contributed by atoms with Gasteiger partial charge in [0, 0.05) is 34.7 Å². The summed E-state index contributed by atoms with van der Waals surface area (Å²) in [4.78, 5) is 14.4. The minimum Gasteiger partial charge on any atom is -0.333 e. The van der Waals surface area contributed by atoms with Crippen LogP contribution in [0.1, 0.15) is 15.9 Å². The van der Waals surface area contributed by atoms with Crippen molar-refractivity contribution in [2.75, 3.05) is 13.1 Å². The van der Waals surface area contributed by atoms with Gasteiger partial charge in [0.1, 0.15) is 0 Å². The molecule has 0 radical (unpaired) electrons. The van der Waals surface area contributed by atoms with E-state index in [0.717, 1.165) is 10.0 Å². The Balaban J connectivity index is 2.22. The summed E-state index contributed by atoms with van der Waals surface area (Å²) in [6.07, 6.45) is 0. The monoisotopic (exact) mass is 366 g/mol. The first-order valence-corrected chi connectivity index (χ1v) is 7.76. The number of carbonyl (C=O) groups is 1. The highest BCUT2D eigenvalue weighted by atomic mass is 79.9. The molecular weight excluding hydrogens is 352 g/mol. The Hall–Kier alpha value is -1.36. The molecule has 0 aliphatic rings. The van der Waals surface area contributed by atoms with Crippen LogP contribution in [0.2, 0.25) is 5.02 Å². The molecule has 0 aliphatic heterocycles. The van der Waals surface area contributed by atoms with E-state index in [1.54, 1.807) is 23.1 Å². The number of rotatable bonds is 5. The van der Waals surface area contributed by atoms with E-state index >= 15 is 0 Å². The number of hydrogen-bond acceptors (Lipinski definition) is 2. The second kappa shape index (κ2) is 7.59. The van der Waals surface area contributed by atoms with Crippen LogP contribution in [-0.4, -0.2) is 23.9 Å². The highest BCUT2D eigenvalue weighted by Gasteiger charge is 2.16. The number of nitrogens with two attached hydrogens (primary N) is 1. The molecule has 0 unspecified atom stereocenters. The number of benzene rings is 2. The Morgan fingerprint density at radius 3 is 2.52 bits per heavy atom. The Morgan fingerprint density at radius 2 is 1.90 bits per heavy atom. The summed E-state index contributed by atoms with van der Waals surface area (Å²) in [7, 11) is 0. The molecule has 0 spiro atoms. The molecule has 0 aromatic heterocycles. The molecule has 0 bridgehead atoms. The van der Waals surface area contributed by atoms with Gasteiger partial charge in [-0.1, -0.05) is 57.9 Å². The fraction of sp³-hybridized carbons (Fsp3) is 0.188. The van der Waals surface area contributed by atoms with Crippen molar-refractivity contribution in [2.24, 2.45) is 5.73 Å². The first-order chi connectivity index (χ1) is 10.1. The first-order valence-electron chi connectivity index (χ1n) is 6.59. The summed E-state index contributed by atoms with van der Waals surface area (Å²) < 4.78 is 0.783. The molecule has 0 fully saturated rings. The number of nitrogens with zero attached hydrogens (tertiary/aromatic N) is 1. The molecule has 0 aliphatic carbocycles. The Kier molecular flexibility index (Phi) is 5.79. The third-order valence-corrected chi connectivity index (χ3v) is 3.69. The summed E-state index contributed by atoms with van der Waals surface area (Å²) >= 11 is 9.37. The Labute approximate surface area is 137 Å². The van der Waals surface area contributed by atoms with Crippen molar-refractivity contribution in [3.05, 3.63) is 69.2 Å². The van der Waals surface area contributed by atoms with Crippen molar-refractivity contribution >= 4 is 33.4 Å². The largest absolute Gasteiger partial charge is 0.333 e. The quantitative estimate of drug-likeness (QED) is 0.876. The van der Waals surface area contributed by atoms with Gasteiger partial charge in [0.15, 0.2) is 0 Å². The molecule has 2 N–H and O–H groups in total. The maximum absolute atomic E-state index is 12.6. The predicted octanol–water partition coefficient (Wildman–Crippen LogP) is 3.70. The van der Waals surface area contributed by atoms with Crippen LogP contribution >= 0.6 is 27.5 Å². The van der Waals surface area contributed by atoms with Gasteiger partial charge in [0.2, 0.25) is 0 Å². The van der Waals surface area contributed by atoms with Crippen LogP contribution in [-0.2, 0) is 6.54 Å². The van der Waals surface area contributed by atoms with Gasteiger partial charge in [-0.25, -0.2) is 0 Å². The van der Waals surface area contributed by atoms with Crippen molar-refractivity contribution in [1.82, 2.24) is 4.90 Å². The van der Waals surface area contributed by atoms with Gasteiger partial charge < -0.3 is 10.6 Å². The Bertz CT molecular complexity index is 599. The van der Waals surface area contributed by atoms with Gasteiger partial charge in [-0.15, -0.1) is 0 Å². The third-order valence-electron chi connectivity index (χ3n) is 3.01. The van der Waals surface area contributed by atoms with Crippen molar-refractivity contribution in [2.45, 2.75) is 6.54 Å². The molecular formula is C16H16BrClN2O. The molecule has 0 saturated carbocycles. The second-order valence-electron chi connectivity index (χ2n) is 4.66. The highest BCUT2D eigenvalue weighted by Crippen LogP contribution is 2.21. The van der Waals surface area contributed by atoms with Crippen molar-refractivity contribution in [3.63, 3.8) is 0 Å². The fourth-order valence-electron chi connectivity index (χ4n) is 2.07. The van der Waals surface area contributed by atoms with Crippen LogP contribution in [0.15, 0.2) is 53.0 Å². The van der Waals surface area contributed by atoms with Crippen LogP contribution < -0.4 is 5.73 Å². The Morgan fingerprint density at radius 1 is 1.19 bits per heavy atom. The van der Waals surface area contributed by atoms with E-state index in [-0.39, 0.29) is 5.91 Å². The summed E-state index contributed by atoms with van der Waals surface area (Å²) in [5.74, 6) is -0.0764. The lowest BCUT2D eigenvalue weighted by atomic mass is 10.1. The van der Waals surface area contributed by atoms with E-state index in [0.29, 0.717) is 30.2 Å². The molecule has 3 nitrogen and oxygen atoms in total. The molecule has 0 heterocycles. The topological polar surface area (TPSA) is 46.3 Å². The average Bonchev–Trinajstić information content (AvgIpc) is 2.46. The van der Waals surface area contributed by atoms with Crippen LogP contribution in [0.5, 0.6) is 0 Å². The summed E-state index contributed by atoms with van der Waals surface area (Å²) in [5.41, 5.74) is 7.25. The van der Waals surface area contributed by atoms with Crippen LogP contribution in [0.25, 0.3) is 0 Å². The number of carbonyl (C=O) groups excluding carboxylic acids is 1. The maximum Gasteiger partial charge on any atom is 0.254 e. The maximum atomic E-state index is 12.6. The number of hydrogen-bond donors (Lipinski definition) is 1. The molecule has 2 aromatic rings. The summed E-state index contributed by atoms with van der Waals surface area (Å²) in [5, 5.41) is 0.528. The van der Waals surface area contributed by atoms with Gasteiger partial charge in [-0.2, -0.15) is 0 Å². The molecule has 2 aromatic carbocycles. The van der Waals surface area contributed by atoms with Crippen molar-refractivity contribution in [1.29, 1.82) is 0 Å². The van der Waals surface area contributed by atoms with Crippen LogP contribution in [0.3, 0.4) is 0 Å². The lowest BCUT2D eigenvalue weighted by molar-refractivity contribution is 0.0748. The second-order valence-corrected chi connectivity index (χ2v) is 6.01. The van der Waals surface area contributed by atoms with E-state index in [9.17, 15) is 4.79 Å². The standard InChI is InChI=1S/C16H16BrClN2O/c17-14-8-13(9-15(18)10-14)16(21)20(7-6-19)11-12-4-2-1-3-5-12/h1-5,8-10H,6-7,11,19H2. The van der Waals surface area contributed by atoms with E-state index in [1.807, 2.05) is 30.3 Å². The SMILES string of the molecule is NCCN(Cc1ccccc1)C(=O)c1cc(Cl)cc(Br)c1. The number of halogens is 2. The lowest BCUT2D eigenvalue weighted by Gasteiger charge is -2.22. The zero-order chi connectivity index (χ0) is 15.2. The molecule has 5 heteroatoms. The van der Waals surface area contributed by atoms with Gasteiger partial charge >= 0.3 is 0 Å². The molecule has 0 saturated heterocycles. The fourth-order valence-corrected chi connectivity index (χ4v) is 2.93. The highest BCUT2D eigenvalue weighted by molar-refractivity contribution is 9.10. The summed E-state index contributed by atoms with van der Waals surface area (Å²) in [6.45, 7) is 1.44. The minimum atomic E-state index is -0.0764. The van der Waals surface area contributed by atoms with E-state index in [1.165, 1.54) is 0 Å². The van der Waals surface area contributed by atoms with E-state index in [4.69, 9.17) is 17.3 Å². The van der Waals surface area contributed by atoms with Crippen molar-refractivity contribution < 1.29 is 4.79 Å². The van der Waals surface area contributed by atoms with Gasteiger partial charge in [0.05, 0.1) is 0 Å². The third kappa shape index (κ3) is 4.56. The summed E-state index contributed by atoms with van der Waals surface area (Å²) in [6, 6.07) is 15.0. The van der Waals surface area contributed by atoms with Gasteiger partial charge in [-0.05, 0) is 23.8 Å². The molecule has 0 atom stereocenters. The minimum absolute atomic E-state index is 0.0764. The average molecular weight is 368 g/mol. The van der Waals surface area contributed by atoms with E-state index < -0.39 is 0 Å². The first kappa shape index (κ1) is 16.0. The molecule has 110 valence electrons. The number of amides is 1. The molecule has 21 heavy (non-hydrogen) atoms. The van der Waals surface area contributed by atoms with Gasteiger partial charge in [0.25, 0.3) is 5.91 Å². The molecule has 2 rings (SSSR count). The van der Waals surface area contributed by atoms with Crippen LogP contribution in [0.4, 0.5) is 0 Å². The predicted molar refractivity (Wildman–Crippen MR) is 89.4 cm³/mol. The van der Waals surface area contributed by atoms with Crippen LogP contribution in [0, 0.1) is 0 Å². The normalized spacial score (nSPS) is 10.4. The van der Waals surface area contributed by atoms with E-state index in [2.05, 4.69) is 15.9 Å². The molecule has 1 amide bonds.